The number of cyclic esters (lactones) is 1. The van der Waals surface area contributed by atoms with E-state index in [1.807, 2.05) is 32.8 Å². The van der Waals surface area contributed by atoms with Gasteiger partial charge in [0.05, 0.1) is 47.8 Å². The van der Waals surface area contributed by atoms with Crippen LogP contribution < -0.4 is 0 Å². The molecule has 4 fully saturated rings. The summed E-state index contributed by atoms with van der Waals surface area (Å²) >= 11 is 0. The first-order chi connectivity index (χ1) is 29.9. The Labute approximate surface area is 383 Å². The Balaban J connectivity index is 1.81. The Hall–Kier alpha value is -1.99. The lowest BCUT2D eigenvalue weighted by Gasteiger charge is -2.49. The van der Waals surface area contributed by atoms with Crippen LogP contribution in [0.1, 0.15) is 147 Å². The molecule has 4 rings (SSSR count). The maximum atomic E-state index is 14.5. The molecule has 0 spiro atoms. The summed E-state index contributed by atoms with van der Waals surface area (Å²) in [6, 6.07) is -0.323. The minimum Gasteiger partial charge on any atom is -0.459 e. The molecule has 0 bridgehead atoms. The highest BCUT2D eigenvalue weighted by atomic mass is 16.7. The molecule has 0 aromatic carbocycles. The van der Waals surface area contributed by atoms with E-state index in [0.29, 0.717) is 24.7 Å². The van der Waals surface area contributed by atoms with Crippen molar-refractivity contribution in [2.45, 2.75) is 231 Å². The number of hydrogen-bond acceptors (Lipinski definition) is 16. The van der Waals surface area contributed by atoms with Gasteiger partial charge in [-0.05, 0) is 93.7 Å². The van der Waals surface area contributed by atoms with Gasteiger partial charge in [-0.25, -0.2) is 0 Å². The summed E-state index contributed by atoms with van der Waals surface area (Å²) in [5.74, 6) is -3.81. The Bertz CT molecular complexity index is 1510. The van der Waals surface area contributed by atoms with Gasteiger partial charge in [0.1, 0.15) is 30.0 Å². The molecule has 3 heterocycles. The number of carbonyl (C=O) groups excluding carboxylic acids is 2. The third-order valence-electron chi connectivity index (χ3n) is 14.9. The van der Waals surface area contributed by atoms with Gasteiger partial charge < -0.3 is 63.3 Å². The number of methoxy groups -OCH3 is 1. The fourth-order valence-electron chi connectivity index (χ4n) is 11.0. The van der Waals surface area contributed by atoms with Gasteiger partial charge >= 0.3 is 11.9 Å². The van der Waals surface area contributed by atoms with Gasteiger partial charge in [0.2, 0.25) is 0 Å². The van der Waals surface area contributed by atoms with Crippen molar-refractivity contribution in [2.24, 2.45) is 34.7 Å². The van der Waals surface area contributed by atoms with Gasteiger partial charge in [0.15, 0.2) is 18.7 Å². The quantitative estimate of drug-likeness (QED) is 0.102. The number of oxime groups is 1. The molecule has 1 aliphatic carbocycles. The molecule has 0 radical (unpaired) electrons. The van der Waals surface area contributed by atoms with Crippen LogP contribution in [0.5, 0.6) is 0 Å². The topological polar surface area (TPSA) is 204 Å². The predicted octanol–water partition coefficient (Wildman–Crippen LogP) is 5.52. The van der Waals surface area contributed by atoms with Crippen LogP contribution in [-0.4, -0.2) is 155 Å². The van der Waals surface area contributed by atoms with Crippen molar-refractivity contribution in [3.8, 4) is 0 Å². The monoisotopic (exact) mass is 915 g/mol. The third-order valence-corrected chi connectivity index (χ3v) is 14.9. The number of carbonyl (C=O) groups is 2. The summed E-state index contributed by atoms with van der Waals surface area (Å²) in [7, 11) is 5.27. The Kier molecular flexibility index (Phi) is 19.9. The van der Waals surface area contributed by atoms with Crippen LogP contribution in [0.4, 0.5) is 0 Å². The average molecular weight is 915 g/mol. The van der Waals surface area contributed by atoms with Crippen LogP contribution in [0.2, 0.25) is 0 Å². The lowest BCUT2D eigenvalue weighted by Crippen LogP contribution is -2.61. The van der Waals surface area contributed by atoms with Crippen molar-refractivity contribution < 1.29 is 68.0 Å². The lowest BCUT2D eigenvalue weighted by atomic mass is 9.73. The molecule has 1 saturated carbocycles. The summed E-state index contributed by atoms with van der Waals surface area (Å²) in [6.07, 6.45) is -1.01. The van der Waals surface area contributed by atoms with Gasteiger partial charge in [-0.3, -0.25) is 9.59 Å². The van der Waals surface area contributed by atoms with Crippen LogP contribution in [0.15, 0.2) is 5.16 Å². The molecule has 16 heteroatoms. The molecule has 3 aliphatic heterocycles. The standard InChI is InChI=1S/C48H86N2O14/c1-15-36-48(11,56)41(53)29(4)38(49-58-23-19-22-34-20-17-16-18-21-34)27(2)25-46(9,55)42(64-45-39(52)35(50(12)13)24-28(3)59-45)30(5)40(31(6)44(54)62-36)63-37-26-47(10,57-14)43(32(7)60-37)61-33(8)51/h27-32,34-37,39-43,45,52-53,55-56H,15-26H2,1-14H3/b49-38+/t27-,28-,29+,30+,31-,32+,35+,36-,37+,39-,40+,41-,42-,43+,45+,46?,47-,48-/m1/s1. The van der Waals surface area contributed by atoms with E-state index >= 15 is 0 Å². The number of aliphatic hydroxyl groups is 4. The van der Waals surface area contributed by atoms with Crippen molar-refractivity contribution in [2.75, 3.05) is 27.8 Å². The van der Waals surface area contributed by atoms with Crippen LogP contribution in [-0.2, 0) is 47.6 Å². The second-order valence-corrected chi connectivity index (χ2v) is 20.7. The number of esters is 2. The average Bonchev–Trinajstić information content (AvgIpc) is 3.22. The molecule has 4 aliphatic rings. The summed E-state index contributed by atoms with van der Waals surface area (Å²) in [6.45, 7) is 19.1. The van der Waals surface area contributed by atoms with Gasteiger partial charge in [-0.15, -0.1) is 0 Å². The summed E-state index contributed by atoms with van der Waals surface area (Å²) < 4.78 is 44.1. The number of ether oxygens (including phenoxy) is 7. The maximum Gasteiger partial charge on any atom is 0.311 e. The minimum absolute atomic E-state index is 0.0203. The van der Waals surface area contributed by atoms with Gasteiger partial charge in [0, 0.05) is 44.2 Å². The summed E-state index contributed by atoms with van der Waals surface area (Å²) in [5, 5.41) is 53.5. The van der Waals surface area contributed by atoms with E-state index in [2.05, 4.69) is 5.16 Å². The normalized spacial score (nSPS) is 44.3. The number of nitrogens with zero attached hydrogens (tertiary/aromatic N) is 2. The van der Waals surface area contributed by atoms with Crippen molar-refractivity contribution in [3.63, 3.8) is 0 Å². The fraction of sp³-hybridized carbons (Fsp3) is 0.938. The molecular weight excluding hydrogens is 829 g/mol. The SMILES string of the molecule is CC[C@H]1OC(=O)[C@H](C)[C@@H](O[C@H]2C[C@@](C)(OC)[C@@H](OC(C)=O)[C@H](C)O2)[C@H](C)[C@@H](O[C@@H]2O[C@H](C)C[C@H](N(C)C)[C@H]2O)C(C)(O)C[C@@H](C)/C(=N\OCCCC2CCCCC2)[C@H](C)[C@@H](O)[C@]1(C)O. The summed E-state index contributed by atoms with van der Waals surface area (Å²) in [4.78, 5) is 34.6. The number of hydrogen-bond donors (Lipinski definition) is 4. The smallest absolute Gasteiger partial charge is 0.311 e. The lowest BCUT2D eigenvalue weighted by molar-refractivity contribution is -0.318. The van der Waals surface area contributed by atoms with Crippen LogP contribution in [0, 0.1) is 29.6 Å². The molecule has 1 unspecified atom stereocenters. The van der Waals surface area contributed by atoms with Crippen molar-refractivity contribution in [3.05, 3.63) is 0 Å². The van der Waals surface area contributed by atoms with E-state index < -0.39 is 108 Å². The molecule has 64 heavy (non-hydrogen) atoms. The van der Waals surface area contributed by atoms with Crippen molar-refractivity contribution >= 4 is 17.7 Å². The minimum atomic E-state index is -1.94. The van der Waals surface area contributed by atoms with E-state index in [-0.39, 0.29) is 31.4 Å². The highest BCUT2D eigenvalue weighted by molar-refractivity contribution is 5.88. The van der Waals surface area contributed by atoms with Gasteiger partial charge in [-0.2, -0.15) is 0 Å². The van der Waals surface area contributed by atoms with E-state index in [9.17, 15) is 30.0 Å². The Morgan fingerprint density at radius 1 is 0.922 bits per heavy atom. The zero-order valence-electron chi connectivity index (χ0n) is 41.5. The second kappa shape index (κ2) is 23.3. The molecule has 372 valence electrons. The highest BCUT2D eigenvalue weighted by Crippen LogP contribution is 2.42. The van der Waals surface area contributed by atoms with Crippen molar-refractivity contribution in [1.29, 1.82) is 0 Å². The first-order valence-electron chi connectivity index (χ1n) is 24.1. The molecule has 16 nitrogen and oxygen atoms in total. The molecule has 3 saturated heterocycles. The van der Waals surface area contributed by atoms with Crippen molar-refractivity contribution in [1.82, 2.24) is 4.90 Å². The first kappa shape index (κ1) is 54.6. The maximum absolute atomic E-state index is 14.5. The highest BCUT2D eigenvalue weighted by Gasteiger charge is 2.54. The summed E-state index contributed by atoms with van der Waals surface area (Å²) in [5.41, 5.74) is -4.32. The number of rotatable bonds is 13. The molecular formula is C48H86N2O14. The van der Waals surface area contributed by atoms with Gasteiger partial charge in [-0.1, -0.05) is 65.0 Å². The van der Waals surface area contributed by atoms with Crippen LogP contribution >= 0.6 is 0 Å². The Morgan fingerprint density at radius 2 is 1.58 bits per heavy atom. The molecule has 0 amide bonds. The first-order valence-corrected chi connectivity index (χ1v) is 24.1. The molecule has 0 aromatic rings. The zero-order chi connectivity index (χ0) is 47.9. The van der Waals surface area contributed by atoms with Crippen LogP contribution in [0.3, 0.4) is 0 Å². The van der Waals surface area contributed by atoms with E-state index in [1.54, 1.807) is 48.5 Å². The number of likely N-dealkylation sites (N-methyl/N-ethyl adjacent to an activating group) is 1. The predicted molar refractivity (Wildman–Crippen MR) is 240 cm³/mol. The third kappa shape index (κ3) is 13.4. The second-order valence-electron chi connectivity index (χ2n) is 20.7. The zero-order valence-corrected chi connectivity index (χ0v) is 41.5. The molecule has 0 aromatic heterocycles. The van der Waals surface area contributed by atoms with E-state index in [4.69, 9.17) is 38.0 Å². The fourth-order valence-corrected chi connectivity index (χ4v) is 11.0. The van der Waals surface area contributed by atoms with E-state index in [1.165, 1.54) is 53.1 Å². The largest absolute Gasteiger partial charge is 0.459 e. The van der Waals surface area contributed by atoms with Crippen LogP contribution in [0.25, 0.3) is 0 Å². The van der Waals surface area contributed by atoms with E-state index in [0.717, 1.165) is 12.8 Å². The van der Waals surface area contributed by atoms with Gasteiger partial charge in [0.25, 0.3) is 0 Å². The Morgan fingerprint density at radius 3 is 2.17 bits per heavy atom. The molecule has 18 atom stereocenters. The number of aliphatic hydroxyl groups excluding tert-OH is 2. The molecule has 4 N–H and O–H groups in total.